The fourth-order valence-electron chi connectivity index (χ4n) is 4.48. The highest BCUT2D eigenvalue weighted by Crippen LogP contribution is 2.23. The van der Waals surface area contributed by atoms with E-state index in [4.69, 9.17) is 0 Å². The molecular weight excluding hydrogens is 477 g/mol. The van der Waals surface area contributed by atoms with Crippen molar-refractivity contribution in [1.29, 1.82) is 0 Å². The first-order valence-corrected chi connectivity index (χ1v) is 14.0. The summed E-state index contributed by atoms with van der Waals surface area (Å²) in [5.74, 6) is -0.711. The molecular formula is C28H32FN3O3S. The summed E-state index contributed by atoms with van der Waals surface area (Å²) in [6.07, 6.45) is 4.83. The molecule has 36 heavy (non-hydrogen) atoms. The number of piperidine rings is 1. The summed E-state index contributed by atoms with van der Waals surface area (Å²) < 4.78 is 40.1. The van der Waals surface area contributed by atoms with Crippen molar-refractivity contribution >= 4 is 21.6 Å². The van der Waals surface area contributed by atoms with Crippen LogP contribution in [0.4, 0.5) is 10.1 Å². The van der Waals surface area contributed by atoms with Crippen molar-refractivity contribution in [2.24, 2.45) is 0 Å². The molecule has 0 saturated carbocycles. The Balaban J connectivity index is 1.42. The normalized spacial score (nSPS) is 14.4. The molecule has 3 aromatic rings. The van der Waals surface area contributed by atoms with Gasteiger partial charge in [-0.15, -0.1) is 0 Å². The Morgan fingerprint density at radius 1 is 0.889 bits per heavy atom. The molecule has 1 aliphatic rings. The smallest absolute Gasteiger partial charge is 0.251 e. The number of nitrogens with zero attached hydrogens (tertiary/aromatic N) is 2. The first kappa shape index (κ1) is 25.9. The molecule has 1 aliphatic heterocycles. The average molecular weight is 510 g/mol. The van der Waals surface area contributed by atoms with Gasteiger partial charge in [-0.25, -0.2) is 12.8 Å². The molecule has 1 saturated heterocycles. The largest absolute Gasteiger partial charge is 0.348 e. The molecule has 1 heterocycles. The van der Waals surface area contributed by atoms with Crippen LogP contribution >= 0.6 is 0 Å². The van der Waals surface area contributed by atoms with E-state index in [1.165, 1.54) is 30.9 Å². The molecule has 1 fully saturated rings. The maximum atomic E-state index is 14.1. The predicted molar refractivity (Wildman–Crippen MR) is 141 cm³/mol. The number of amides is 1. The quantitative estimate of drug-likeness (QED) is 0.454. The second kappa shape index (κ2) is 11.7. The summed E-state index contributed by atoms with van der Waals surface area (Å²) >= 11 is 0. The third-order valence-electron chi connectivity index (χ3n) is 6.49. The minimum absolute atomic E-state index is 0.134. The van der Waals surface area contributed by atoms with E-state index in [2.05, 4.69) is 16.3 Å². The molecule has 0 radical (unpaired) electrons. The van der Waals surface area contributed by atoms with Crippen LogP contribution in [0.3, 0.4) is 0 Å². The zero-order valence-corrected chi connectivity index (χ0v) is 21.3. The second-order valence-electron chi connectivity index (χ2n) is 9.20. The van der Waals surface area contributed by atoms with Crippen LogP contribution in [0.15, 0.2) is 72.8 Å². The predicted octanol–water partition coefficient (Wildman–Crippen LogP) is 4.71. The SMILES string of the molecule is CS(=O)(=O)N(Cc1ccccc1F)c1ccc(C(=O)NCc2ccccc2CN2CCCCC2)cc1. The van der Waals surface area contributed by atoms with Crippen LogP contribution in [0, 0.1) is 5.82 Å². The van der Waals surface area contributed by atoms with E-state index in [0.29, 0.717) is 17.8 Å². The van der Waals surface area contributed by atoms with E-state index >= 15 is 0 Å². The Bertz CT molecular complexity index is 1290. The number of hydrogen-bond donors (Lipinski definition) is 1. The van der Waals surface area contributed by atoms with Gasteiger partial charge in [0.2, 0.25) is 10.0 Å². The fraction of sp³-hybridized carbons (Fsp3) is 0.321. The topological polar surface area (TPSA) is 69.7 Å². The summed E-state index contributed by atoms with van der Waals surface area (Å²) in [5, 5.41) is 2.98. The molecule has 0 atom stereocenters. The summed E-state index contributed by atoms with van der Waals surface area (Å²) in [5.41, 5.74) is 3.36. The third kappa shape index (κ3) is 6.71. The zero-order chi connectivity index (χ0) is 25.5. The van der Waals surface area contributed by atoms with Crippen molar-refractivity contribution in [1.82, 2.24) is 10.2 Å². The van der Waals surface area contributed by atoms with Crippen LogP contribution in [-0.2, 0) is 29.7 Å². The van der Waals surface area contributed by atoms with Gasteiger partial charge in [-0.05, 0) is 67.4 Å². The summed E-state index contributed by atoms with van der Waals surface area (Å²) in [6, 6.07) is 20.5. The fourth-order valence-corrected chi connectivity index (χ4v) is 5.36. The van der Waals surface area contributed by atoms with Gasteiger partial charge in [0.1, 0.15) is 5.82 Å². The van der Waals surface area contributed by atoms with Gasteiger partial charge in [0.15, 0.2) is 0 Å². The molecule has 1 amide bonds. The van der Waals surface area contributed by atoms with Gasteiger partial charge in [0.05, 0.1) is 18.5 Å². The minimum atomic E-state index is -3.67. The van der Waals surface area contributed by atoms with Gasteiger partial charge in [0.25, 0.3) is 5.91 Å². The first-order chi connectivity index (χ1) is 17.3. The van der Waals surface area contributed by atoms with Crippen molar-refractivity contribution in [3.8, 4) is 0 Å². The Kier molecular flexibility index (Phi) is 8.38. The molecule has 1 N–H and O–H groups in total. The third-order valence-corrected chi connectivity index (χ3v) is 7.63. The zero-order valence-electron chi connectivity index (χ0n) is 20.5. The number of carbonyl (C=O) groups is 1. The van der Waals surface area contributed by atoms with Crippen molar-refractivity contribution in [2.45, 2.75) is 38.9 Å². The number of carbonyl (C=O) groups excluding carboxylic acids is 1. The van der Waals surface area contributed by atoms with Crippen molar-refractivity contribution in [3.05, 3.63) is 101 Å². The number of nitrogens with one attached hydrogen (secondary N) is 1. The molecule has 6 nitrogen and oxygen atoms in total. The van der Waals surface area contributed by atoms with E-state index < -0.39 is 15.8 Å². The molecule has 0 spiro atoms. The lowest BCUT2D eigenvalue weighted by molar-refractivity contribution is 0.0950. The molecule has 190 valence electrons. The van der Waals surface area contributed by atoms with E-state index in [1.807, 2.05) is 18.2 Å². The van der Waals surface area contributed by atoms with E-state index in [0.717, 1.165) is 35.8 Å². The van der Waals surface area contributed by atoms with Crippen LogP contribution in [0.1, 0.15) is 46.3 Å². The molecule has 0 aliphatic carbocycles. The van der Waals surface area contributed by atoms with E-state index in [-0.39, 0.29) is 18.0 Å². The highest BCUT2D eigenvalue weighted by molar-refractivity contribution is 7.92. The maximum absolute atomic E-state index is 14.1. The number of sulfonamides is 1. The Morgan fingerprint density at radius 3 is 2.14 bits per heavy atom. The van der Waals surface area contributed by atoms with Gasteiger partial charge in [-0.2, -0.15) is 0 Å². The van der Waals surface area contributed by atoms with Crippen LogP contribution in [0.25, 0.3) is 0 Å². The molecule has 3 aromatic carbocycles. The van der Waals surface area contributed by atoms with E-state index in [9.17, 15) is 17.6 Å². The minimum Gasteiger partial charge on any atom is -0.348 e. The van der Waals surface area contributed by atoms with Crippen LogP contribution in [-0.4, -0.2) is 38.6 Å². The number of anilines is 1. The van der Waals surface area contributed by atoms with Crippen molar-refractivity contribution < 1.29 is 17.6 Å². The Labute approximate surface area is 212 Å². The molecule has 0 bridgehead atoms. The number of rotatable bonds is 9. The number of hydrogen-bond acceptors (Lipinski definition) is 4. The van der Waals surface area contributed by atoms with Gasteiger partial charge in [-0.3, -0.25) is 14.0 Å². The van der Waals surface area contributed by atoms with Gasteiger partial charge in [0, 0.05) is 24.2 Å². The Hall–Kier alpha value is -3.23. The highest BCUT2D eigenvalue weighted by atomic mass is 32.2. The number of halogens is 1. The monoisotopic (exact) mass is 509 g/mol. The van der Waals surface area contributed by atoms with Gasteiger partial charge < -0.3 is 5.32 Å². The summed E-state index contributed by atoms with van der Waals surface area (Å²) in [6.45, 7) is 3.37. The van der Waals surface area contributed by atoms with Crippen LogP contribution in [0.2, 0.25) is 0 Å². The molecule has 0 unspecified atom stereocenters. The lowest BCUT2D eigenvalue weighted by atomic mass is 10.0. The maximum Gasteiger partial charge on any atom is 0.251 e. The summed E-state index contributed by atoms with van der Waals surface area (Å²) in [7, 11) is -3.67. The van der Waals surface area contributed by atoms with Gasteiger partial charge in [-0.1, -0.05) is 48.9 Å². The lowest BCUT2D eigenvalue weighted by Crippen LogP contribution is -2.30. The second-order valence-corrected chi connectivity index (χ2v) is 11.1. The average Bonchev–Trinajstić information content (AvgIpc) is 2.87. The van der Waals surface area contributed by atoms with Crippen LogP contribution < -0.4 is 9.62 Å². The summed E-state index contributed by atoms with van der Waals surface area (Å²) in [4.78, 5) is 15.3. The molecule has 4 rings (SSSR count). The highest BCUT2D eigenvalue weighted by Gasteiger charge is 2.20. The van der Waals surface area contributed by atoms with Crippen molar-refractivity contribution in [2.75, 3.05) is 23.7 Å². The first-order valence-electron chi connectivity index (χ1n) is 12.2. The lowest BCUT2D eigenvalue weighted by Gasteiger charge is -2.27. The van der Waals surface area contributed by atoms with Crippen LogP contribution in [0.5, 0.6) is 0 Å². The van der Waals surface area contributed by atoms with Gasteiger partial charge >= 0.3 is 0 Å². The standard InChI is InChI=1S/C28H32FN3O3S/c1-36(34,35)32(21-25-11-5-6-12-27(25)29)26-15-13-22(14-16-26)28(33)30-19-23-9-3-4-10-24(23)20-31-17-7-2-8-18-31/h3-6,9-16H,2,7-8,17-21H2,1H3,(H,30,33). The van der Waals surface area contributed by atoms with Crippen molar-refractivity contribution in [3.63, 3.8) is 0 Å². The molecule has 0 aromatic heterocycles. The van der Waals surface area contributed by atoms with E-state index in [1.54, 1.807) is 42.5 Å². The molecule has 8 heteroatoms. The Morgan fingerprint density at radius 2 is 1.50 bits per heavy atom. The number of benzene rings is 3. The number of likely N-dealkylation sites (tertiary alicyclic amines) is 1.